The van der Waals surface area contributed by atoms with Gasteiger partial charge in [-0.25, -0.2) is 4.79 Å². The summed E-state index contributed by atoms with van der Waals surface area (Å²) in [4.78, 5) is 14.9. The summed E-state index contributed by atoms with van der Waals surface area (Å²) in [6, 6.07) is 11.2. The van der Waals surface area contributed by atoms with Crippen LogP contribution >= 0.6 is 24.2 Å². The van der Waals surface area contributed by atoms with Crippen molar-refractivity contribution in [1.82, 2.24) is 4.90 Å². The smallest absolute Gasteiger partial charge is 0.339 e. The van der Waals surface area contributed by atoms with Crippen LogP contribution in [0.15, 0.2) is 45.7 Å². The Labute approximate surface area is 168 Å². The third kappa shape index (κ3) is 4.58. The number of carboxylic acids is 1. The van der Waals surface area contributed by atoms with Gasteiger partial charge in [0, 0.05) is 22.4 Å². The highest BCUT2D eigenvalue weighted by atomic mass is 35.5. The number of nitrogens with zero attached hydrogens (tertiary/aromatic N) is 1. The van der Waals surface area contributed by atoms with Crippen LogP contribution in [-0.4, -0.2) is 35.2 Å². The number of furan rings is 1. The number of thioether (sulfide) groups is 1. The van der Waals surface area contributed by atoms with Gasteiger partial charge in [-0.1, -0.05) is 17.7 Å². The molecule has 5 nitrogen and oxygen atoms in total. The average Bonchev–Trinajstić information content (AvgIpc) is 2.96. The van der Waals surface area contributed by atoms with E-state index in [2.05, 4.69) is 0 Å². The maximum absolute atomic E-state index is 11.9. The van der Waals surface area contributed by atoms with Crippen LogP contribution in [0, 0.1) is 6.92 Å². The lowest BCUT2D eigenvalue weighted by Crippen LogP contribution is -2.12. The highest BCUT2D eigenvalue weighted by molar-refractivity contribution is 7.98. The van der Waals surface area contributed by atoms with E-state index in [1.807, 2.05) is 50.2 Å². The van der Waals surface area contributed by atoms with Crippen LogP contribution in [0.2, 0.25) is 0 Å². The van der Waals surface area contributed by atoms with Crippen LogP contribution in [0.25, 0.3) is 11.0 Å². The van der Waals surface area contributed by atoms with Crippen molar-refractivity contribution < 1.29 is 19.4 Å². The predicted molar refractivity (Wildman–Crippen MR) is 110 cm³/mol. The highest BCUT2D eigenvalue weighted by Gasteiger charge is 2.24. The average molecular weight is 408 g/mol. The molecule has 0 spiro atoms. The number of fused-ring (bicyclic) bond motifs is 1. The Morgan fingerprint density at radius 2 is 1.81 bits per heavy atom. The molecule has 1 heterocycles. The van der Waals surface area contributed by atoms with Crippen LogP contribution < -0.4 is 0 Å². The number of aryl methyl sites for hydroxylation is 1. The number of phenols is 1. The van der Waals surface area contributed by atoms with Crippen LogP contribution in [-0.2, 0) is 12.3 Å². The van der Waals surface area contributed by atoms with Gasteiger partial charge in [-0.3, -0.25) is 0 Å². The van der Waals surface area contributed by atoms with Crippen LogP contribution in [0.1, 0.15) is 27.2 Å². The maximum Gasteiger partial charge on any atom is 0.339 e. The Balaban J connectivity index is 0.00000261. The Morgan fingerprint density at radius 1 is 1.15 bits per heavy atom. The second-order valence-electron chi connectivity index (χ2n) is 6.48. The van der Waals surface area contributed by atoms with E-state index in [0.717, 1.165) is 4.90 Å². The molecule has 7 heteroatoms. The predicted octanol–water partition coefficient (Wildman–Crippen LogP) is 4.92. The van der Waals surface area contributed by atoms with E-state index in [0.29, 0.717) is 34.6 Å². The van der Waals surface area contributed by atoms with Crippen molar-refractivity contribution in [2.45, 2.75) is 24.1 Å². The zero-order valence-electron chi connectivity index (χ0n) is 15.4. The molecule has 1 aromatic heterocycles. The number of carboxylic acid groups (broad SMARTS) is 1. The number of hydrogen-bond donors (Lipinski definition) is 2. The summed E-state index contributed by atoms with van der Waals surface area (Å²) in [5.41, 5.74) is 2.36. The Kier molecular flexibility index (Phi) is 6.81. The number of phenolic OH excluding ortho intramolecular Hbond substituents is 1. The molecule has 0 unspecified atom stereocenters. The topological polar surface area (TPSA) is 73.9 Å². The van der Waals surface area contributed by atoms with Gasteiger partial charge in [0.05, 0.1) is 5.75 Å². The minimum absolute atomic E-state index is 0. The summed E-state index contributed by atoms with van der Waals surface area (Å²) in [7, 11) is 3.74. The van der Waals surface area contributed by atoms with Gasteiger partial charge in [-0.05, 0) is 45.3 Å². The summed E-state index contributed by atoms with van der Waals surface area (Å²) >= 11 is 1.52. The minimum atomic E-state index is -1.05. The molecule has 0 atom stereocenters. The monoisotopic (exact) mass is 407 g/mol. The SMILES string of the molecule is Cc1ccc(SCc2oc3ccc(O)c(CN(C)C)c3c2C(=O)O)cc1.Cl. The lowest BCUT2D eigenvalue weighted by molar-refractivity contribution is 0.0696. The number of carbonyl (C=O) groups is 1. The lowest BCUT2D eigenvalue weighted by atomic mass is 10.0. The van der Waals surface area contributed by atoms with E-state index < -0.39 is 5.97 Å². The molecular weight excluding hydrogens is 386 g/mol. The Morgan fingerprint density at radius 3 is 2.41 bits per heavy atom. The summed E-state index contributed by atoms with van der Waals surface area (Å²) in [6.07, 6.45) is 0. The molecule has 3 aromatic rings. The van der Waals surface area contributed by atoms with E-state index in [1.54, 1.807) is 12.1 Å². The maximum atomic E-state index is 11.9. The molecule has 2 aromatic carbocycles. The van der Waals surface area contributed by atoms with E-state index in [-0.39, 0.29) is 23.7 Å². The molecule has 0 fully saturated rings. The Hall–Kier alpha value is -2.15. The second-order valence-corrected chi connectivity index (χ2v) is 7.53. The molecule has 2 N–H and O–H groups in total. The third-order valence-electron chi connectivity index (χ3n) is 4.09. The van der Waals surface area contributed by atoms with Crippen LogP contribution in [0.4, 0.5) is 0 Å². The van der Waals surface area contributed by atoms with E-state index in [4.69, 9.17) is 4.42 Å². The number of hydrogen-bond acceptors (Lipinski definition) is 5. The zero-order valence-corrected chi connectivity index (χ0v) is 17.0. The summed E-state index contributed by atoms with van der Waals surface area (Å²) in [5.74, 6) is -0.161. The van der Waals surface area contributed by atoms with Crippen LogP contribution in [0.3, 0.4) is 0 Å². The van der Waals surface area contributed by atoms with Crippen molar-refractivity contribution in [3.05, 3.63) is 58.8 Å². The zero-order chi connectivity index (χ0) is 18.8. The minimum Gasteiger partial charge on any atom is -0.508 e. The molecule has 0 saturated heterocycles. The van der Waals surface area contributed by atoms with Crippen molar-refractivity contribution in [3.8, 4) is 5.75 Å². The van der Waals surface area contributed by atoms with Gasteiger partial charge in [-0.15, -0.1) is 24.2 Å². The fourth-order valence-corrected chi connectivity index (χ4v) is 3.71. The van der Waals surface area contributed by atoms with Crippen molar-refractivity contribution in [1.29, 1.82) is 0 Å². The number of aromatic hydroxyl groups is 1. The first-order chi connectivity index (χ1) is 12.4. The van der Waals surface area contributed by atoms with Crippen molar-refractivity contribution in [2.24, 2.45) is 0 Å². The quantitative estimate of drug-likeness (QED) is 0.565. The fraction of sp³-hybridized carbons (Fsp3) is 0.250. The fourth-order valence-electron chi connectivity index (χ4n) is 2.89. The summed E-state index contributed by atoms with van der Waals surface area (Å²) in [6.45, 7) is 2.45. The molecule has 0 aliphatic heterocycles. The van der Waals surface area contributed by atoms with Gasteiger partial charge in [0.15, 0.2) is 0 Å². The number of halogens is 1. The van der Waals surface area contributed by atoms with Crippen molar-refractivity contribution in [2.75, 3.05) is 14.1 Å². The summed E-state index contributed by atoms with van der Waals surface area (Å²) in [5, 5.41) is 20.5. The number of benzene rings is 2. The van der Waals surface area contributed by atoms with Gasteiger partial charge in [-0.2, -0.15) is 0 Å². The highest BCUT2D eigenvalue weighted by Crippen LogP contribution is 2.37. The third-order valence-corrected chi connectivity index (χ3v) is 5.10. The number of aromatic carboxylic acids is 1. The van der Waals surface area contributed by atoms with Gasteiger partial charge >= 0.3 is 5.97 Å². The summed E-state index contributed by atoms with van der Waals surface area (Å²) < 4.78 is 5.85. The van der Waals surface area contributed by atoms with Gasteiger partial charge in [0.25, 0.3) is 0 Å². The molecule has 144 valence electrons. The first-order valence-electron chi connectivity index (χ1n) is 8.20. The molecule has 0 bridgehead atoms. The van der Waals surface area contributed by atoms with Gasteiger partial charge < -0.3 is 19.5 Å². The van der Waals surface area contributed by atoms with E-state index in [9.17, 15) is 15.0 Å². The Bertz CT molecular complexity index is 951. The van der Waals surface area contributed by atoms with Crippen LogP contribution in [0.5, 0.6) is 5.75 Å². The first-order valence-corrected chi connectivity index (χ1v) is 9.19. The lowest BCUT2D eigenvalue weighted by Gasteiger charge is -2.12. The molecule has 3 rings (SSSR count). The molecule has 0 saturated carbocycles. The van der Waals surface area contributed by atoms with Gasteiger partial charge in [0.2, 0.25) is 0 Å². The molecule has 0 amide bonds. The molecule has 0 aliphatic carbocycles. The largest absolute Gasteiger partial charge is 0.508 e. The van der Waals surface area contributed by atoms with E-state index in [1.165, 1.54) is 17.3 Å². The molecule has 27 heavy (non-hydrogen) atoms. The molecular formula is C20H22ClNO4S. The van der Waals surface area contributed by atoms with E-state index >= 15 is 0 Å². The molecule has 0 radical (unpaired) electrons. The van der Waals surface area contributed by atoms with Gasteiger partial charge in [0.1, 0.15) is 22.7 Å². The number of rotatable bonds is 6. The standard InChI is InChI=1S/C20H21NO4S.ClH/c1-12-4-6-13(7-5-12)26-11-17-19(20(23)24)18-14(10-21(2)3)15(22)8-9-16(18)25-17;/h4-9,22H,10-11H2,1-3H3,(H,23,24);1H. The van der Waals surface area contributed by atoms with Crippen molar-refractivity contribution >= 4 is 41.1 Å². The second kappa shape index (κ2) is 8.69. The van der Waals surface area contributed by atoms with Crippen molar-refractivity contribution in [3.63, 3.8) is 0 Å². The molecule has 0 aliphatic rings. The normalized spacial score (nSPS) is 11.0. The first kappa shape index (κ1) is 21.2.